The van der Waals surface area contributed by atoms with Crippen molar-refractivity contribution < 1.29 is 9.50 Å². The molecular weight excluding hydrogens is 205 g/mol. The zero-order valence-corrected chi connectivity index (χ0v) is 8.56. The molecule has 0 spiro atoms. The van der Waals surface area contributed by atoms with Crippen LogP contribution in [0.3, 0.4) is 0 Å². The largest absolute Gasteiger partial charge is 0.506 e. The van der Waals surface area contributed by atoms with Crippen molar-refractivity contribution in [3.05, 3.63) is 28.5 Å². The number of aromatic hydroxyl groups is 1. The van der Waals surface area contributed by atoms with Gasteiger partial charge in [-0.2, -0.15) is 5.26 Å². The number of phenols is 1. The van der Waals surface area contributed by atoms with Crippen LogP contribution in [0.4, 0.5) is 4.39 Å². The summed E-state index contributed by atoms with van der Waals surface area (Å²) >= 11 is 5.72. The Morgan fingerprint density at radius 2 is 2.07 bits per heavy atom. The van der Waals surface area contributed by atoms with Crippen molar-refractivity contribution in [2.45, 2.75) is 19.3 Å². The van der Waals surface area contributed by atoms with Crippen LogP contribution in [-0.4, -0.2) is 5.11 Å². The summed E-state index contributed by atoms with van der Waals surface area (Å²) in [5.74, 6) is -0.800. The van der Waals surface area contributed by atoms with Gasteiger partial charge in [0.15, 0.2) is 0 Å². The molecule has 1 aromatic carbocycles. The minimum atomic E-state index is -1.06. The van der Waals surface area contributed by atoms with Gasteiger partial charge < -0.3 is 5.11 Å². The second kappa shape index (κ2) is 3.47. The van der Waals surface area contributed by atoms with Crippen LogP contribution in [0.2, 0.25) is 5.02 Å². The SMILES string of the molecule is CC(C)(C#N)c1c(F)ccc(O)c1Cl. The van der Waals surface area contributed by atoms with Gasteiger partial charge in [0.1, 0.15) is 11.6 Å². The van der Waals surface area contributed by atoms with Crippen LogP contribution >= 0.6 is 11.6 Å². The highest BCUT2D eigenvalue weighted by molar-refractivity contribution is 6.33. The number of nitriles is 1. The van der Waals surface area contributed by atoms with Gasteiger partial charge in [-0.05, 0) is 26.0 Å². The molecule has 0 saturated carbocycles. The van der Waals surface area contributed by atoms with Gasteiger partial charge in [-0.15, -0.1) is 0 Å². The molecule has 0 unspecified atom stereocenters. The minimum Gasteiger partial charge on any atom is -0.506 e. The van der Waals surface area contributed by atoms with Crippen LogP contribution in [0.1, 0.15) is 19.4 Å². The predicted molar refractivity (Wildman–Crippen MR) is 51.7 cm³/mol. The summed E-state index contributed by atoms with van der Waals surface area (Å²) in [6, 6.07) is 4.19. The van der Waals surface area contributed by atoms with E-state index in [1.54, 1.807) is 0 Å². The highest BCUT2D eigenvalue weighted by Gasteiger charge is 2.28. The molecule has 1 rings (SSSR count). The lowest BCUT2D eigenvalue weighted by atomic mass is 9.86. The number of halogens is 2. The third-order valence-electron chi connectivity index (χ3n) is 1.98. The van der Waals surface area contributed by atoms with Crippen molar-refractivity contribution >= 4 is 11.6 Å². The first-order chi connectivity index (χ1) is 6.40. The molecule has 0 radical (unpaired) electrons. The number of nitrogens with zero attached hydrogens (tertiary/aromatic N) is 1. The van der Waals surface area contributed by atoms with Crippen LogP contribution in [0.25, 0.3) is 0 Å². The summed E-state index contributed by atoms with van der Waals surface area (Å²) in [5, 5.41) is 18.0. The molecule has 4 heteroatoms. The highest BCUT2D eigenvalue weighted by atomic mass is 35.5. The number of hydrogen-bond donors (Lipinski definition) is 1. The lowest BCUT2D eigenvalue weighted by Gasteiger charge is -2.18. The molecule has 0 saturated heterocycles. The Balaban J connectivity index is 3.49. The average molecular weight is 214 g/mol. The van der Waals surface area contributed by atoms with Crippen LogP contribution < -0.4 is 0 Å². The van der Waals surface area contributed by atoms with E-state index >= 15 is 0 Å². The van der Waals surface area contributed by atoms with Gasteiger partial charge in [0.25, 0.3) is 0 Å². The highest BCUT2D eigenvalue weighted by Crippen LogP contribution is 2.36. The summed E-state index contributed by atoms with van der Waals surface area (Å²) in [5.41, 5.74) is -1.03. The number of hydrogen-bond acceptors (Lipinski definition) is 2. The molecule has 0 fully saturated rings. The van der Waals surface area contributed by atoms with Gasteiger partial charge in [0, 0.05) is 5.56 Å². The maximum Gasteiger partial charge on any atom is 0.134 e. The standard InChI is InChI=1S/C10H9ClFNO/c1-10(2,5-13)8-6(12)3-4-7(14)9(8)11/h3-4,14H,1-2H3. The molecular formula is C10H9ClFNO. The van der Waals surface area contributed by atoms with Gasteiger partial charge >= 0.3 is 0 Å². The zero-order chi connectivity index (χ0) is 10.9. The van der Waals surface area contributed by atoms with E-state index < -0.39 is 11.2 Å². The van der Waals surface area contributed by atoms with E-state index in [2.05, 4.69) is 0 Å². The number of benzene rings is 1. The molecule has 74 valence electrons. The van der Waals surface area contributed by atoms with Gasteiger partial charge in [-0.1, -0.05) is 11.6 Å². The summed E-state index contributed by atoms with van der Waals surface area (Å²) in [6.45, 7) is 3.08. The van der Waals surface area contributed by atoms with Gasteiger partial charge in [-0.25, -0.2) is 4.39 Å². The molecule has 2 nitrogen and oxygen atoms in total. The Kier molecular flexibility index (Phi) is 2.68. The summed E-state index contributed by atoms with van der Waals surface area (Å²) < 4.78 is 13.4. The molecule has 1 aromatic rings. The summed E-state index contributed by atoms with van der Waals surface area (Å²) in [4.78, 5) is 0. The molecule has 0 aliphatic heterocycles. The van der Waals surface area contributed by atoms with Crippen molar-refractivity contribution in [2.75, 3.05) is 0 Å². The van der Waals surface area contributed by atoms with Crippen LogP contribution in [0.5, 0.6) is 5.75 Å². The molecule has 0 heterocycles. The van der Waals surface area contributed by atoms with Gasteiger partial charge in [0.05, 0.1) is 16.5 Å². The molecule has 0 bridgehead atoms. The second-order valence-corrected chi connectivity index (χ2v) is 3.87. The smallest absolute Gasteiger partial charge is 0.134 e. The Bertz CT molecular complexity index is 409. The third-order valence-corrected chi connectivity index (χ3v) is 2.36. The predicted octanol–water partition coefficient (Wildman–Crippen LogP) is 2.99. The fraction of sp³-hybridized carbons (Fsp3) is 0.300. The van der Waals surface area contributed by atoms with Crippen molar-refractivity contribution in [1.82, 2.24) is 0 Å². The van der Waals surface area contributed by atoms with E-state index in [-0.39, 0.29) is 16.3 Å². The molecule has 0 aromatic heterocycles. The monoisotopic (exact) mass is 213 g/mol. The molecule has 0 aliphatic carbocycles. The van der Waals surface area contributed by atoms with Gasteiger partial charge in [0.2, 0.25) is 0 Å². The fourth-order valence-electron chi connectivity index (χ4n) is 1.17. The Morgan fingerprint density at radius 3 is 2.57 bits per heavy atom. The molecule has 1 N–H and O–H groups in total. The van der Waals surface area contributed by atoms with Gasteiger partial charge in [-0.3, -0.25) is 0 Å². The topological polar surface area (TPSA) is 44.0 Å². The van der Waals surface area contributed by atoms with E-state index in [0.717, 1.165) is 12.1 Å². The normalized spacial score (nSPS) is 11.1. The molecule has 0 amide bonds. The number of phenolic OH excluding ortho intramolecular Hbond substituents is 1. The van der Waals surface area contributed by atoms with E-state index in [1.165, 1.54) is 13.8 Å². The van der Waals surface area contributed by atoms with E-state index in [4.69, 9.17) is 16.9 Å². The Labute approximate surface area is 86.5 Å². The molecule has 14 heavy (non-hydrogen) atoms. The Morgan fingerprint density at radius 1 is 1.50 bits per heavy atom. The van der Waals surface area contributed by atoms with E-state index in [9.17, 15) is 9.50 Å². The van der Waals surface area contributed by atoms with Crippen molar-refractivity contribution in [2.24, 2.45) is 0 Å². The first-order valence-corrected chi connectivity index (χ1v) is 4.36. The minimum absolute atomic E-state index is 0.0293. The van der Waals surface area contributed by atoms with Crippen molar-refractivity contribution in [1.29, 1.82) is 5.26 Å². The zero-order valence-electron chi connectivity index (χ0n) is 7.81. The van der Waals surface area contributed by atoms with Crippen molar-refractivity contribution in [3.63, 3.8) is 0 Å². The summed E-state index contributed by atoms with van der Waals surface area (Å²) in [6.07, 6.45) is 0. The van der Waals surface area contributed by atoms with E-state index in [1.807, 2.05) is 6.07 Å². The molecule has 0 atom stereocenters. The Hall–Kier alpha value is -1.27. The third kappa shape index (κ3) is 1.66. The summed E-state index contributed by atoms with van der Waals surface area (Å²) in [7, 11) is 0. The lowest BCUT2D eigenvalue weighted by molar-refractivity contribution is 0.468. The maximum absolute atomic E-state index is 13.4. The maximum atomic E-state index is 13.4. The quantitative estimate of drug-likeness (QED) is 0.780. The lowest BCUT2D eigenvalue weighted by Crippen LogP contribution is -2.16. The van der Waals surface area contributed by atoms with E-state index in [0.29, 0.717) is 0 Å². The second-order valence-electron chi connectivity index (χ2n) is 3.49. The molecule has 0 aliphatic rings. The van der Waals surface area contributed by atoms with Crippen molar-refractivity contribution in [3.8, 4) is 11.8 Å². The van der Waals surface area contributed by atoms with Crippen LogP contribution in [0, 0.1) is 17.1 Å². The first-order valence-electron chi connectivity index (χ1n) is 3.99. The first kappa shape index (κ1) is 10.8. The average Bonchev–Trinajstić information content (AvgIpc) is 2.12. The van der Waals surface area contributed by atoms with Crippen LogP contribution in [0.15, 0.2) is 12.1 Å². The fourth-order valence-corrected chi connectivity index (χ4v) is 1.56. The van der Waals surface area contributed by atoms with Crippen LogP contribution in [-0.2, 0) is 5.41 Å². The number of rotatable bonds is 1.